The number of carbonyl (C=O) groups is 1. The van der Waals surface area contributed by atoms with Crippen LogP contribution in [0, 0.1) is 0 Å². The van der Waals surface area contributed by atoms with Gasteiger partial charge in [-0.15, -0.1) is 0 Å². The van der Waals surface area contributed by atoms with E-state index in [9.17, 15) is 4.79 Å². The summed E-state index contributed by atoms with van der Waals surface area (Å²) in [5.74, 6) is 0.877. The zero-order valence-corrected chi connectivity index (χ0v) is 14.1. The maximum atomic E-state index is 11.6. The monoisotopic (exact) mass is 327 g/mol. The summed E-state index contributed by atoms with van der Waals surface area (Å²) in [6.45, 7) is 4.57. The van der Waals surface area contributed by atoms with Gasteiger partial charge in [-0.3, -0.25) is 4.79 Å². The number of aromatic nitrogens is 3. The quantitative estimate of drug-likeness (QED) is 0.565. The van der Waals surface area contributed by atoms with Gasteiger partial charge in [-0.1, -0.05) is 11.8 Å². The van der Waals surface area contributed by atoms with E-state index in [0.717, 1.165) is 13.1 Å². The average Bonchev–Trinajstić information content (AvgIpc) is 2.54. The van der Waals surface area contributed by atoms with Gasteiger partial charge >= 0.3 is 5.97 Å². The van der Waals surface area contributed by atoms with Crippen molar-refractivity contribution in [1.82, 2.24) is 15.0 Å². The van der Waals surface area contributed by atoms with E-state index in [1.807, 2.05) is 19.0 Å². The third-order valence-corrected chi connectivity index (χ3v) is 4.04. The molecule has 0 saturated carbocycles. The van der Waals surface area contributed by atoms with Crippen LogP contribution in [0.1, 0.15) is 6.92 Å². The smallest absolute Gasteiger partial charge is 0.318 e. The molecule has 1 saturated heterocycles. The fourth-order valence-corrected chi connectivity index (χ4v) is 2.64. The molecule has 2 heterocycles. The fourth-order valence-electron chi connectivity index (χ4n) is 1.87. The lowest BCUT2D eigenvalue weighted by atomic mass is 10.4. The van der Waals surface area contributed by atoms with Crippen LogP contribution >= 0.6 is 11.8 Å². The second-order valence-electron chi connectivity index (χ2n) is 5.00. The maximum Gasteiger partial charge on any atom is 0.318 e. The molecule has 0 spiro atoms. The number of carbonyl (C=O) groups excluding carboxylic acids is 1. The molecule has 0 unspecified atom stereocenters. The number of hydrogen-bond acceptors (Lipinski definition) is 9. The van der Waals surface area contributed by atoms with Crippen molar-refractivity contribution < 1.29 is 14.3 Å². The Morgan fingerprint density at radius 2 is 2.00 bits per heavy atom. The first-order valence-electron chi connectivity index (χ1n) is 7.02. The Labute approximate surface area is 134 Å². The summed E-state index contributed by atoms with van der Waals surface area (Å²) in [5.41, 5.74) is 0. The zero-order valence-electron chi connectivity index (χ0n) is 13.3. The van der Waals surface area contributed by atoms with Gasteiger partial charge in [0, 0.05) is 27.2 Å². The number of esters is 1. The molecule has 1 aromatic heterocycles. The molecule has 0 bridgehead atoms. The number of rotatable bonds is 5. The van der Waals surface area contributed by atoms with E-state index < -0.39 is 0 Å². The molecule has 22 heavy (non-hydrogen) atoms. The molecule has 0 aromatic carbocycles. The van der Waals surface area contributed by atoms with E-state index in [2.05, 4.69) is 19.9 Å². The first kappa shape index (κ1) is 16.8. The molecule has 0 aliphatic carbocycles. The van der Waals surface area contributed by atoms with Gasteiger partial charge in [0.1, 0.15) is 5.25 Å². The third-order valence-electron chi connectivity index (χ3n) is 3.10. The molecular weight excluding hydrogens is 306 g/mol. The fraction of sp³-hybridized carbons (Fsp3) is 0.692. The van der Waals surface area contributed by atoms with Crippen LogP contribution in [-0.2, 0) is 14.3 Å². The normalized spacial score (nSPS) is 16.3. The molecule has 1 aliphatic heterocycles. The highest BCUT2D eigenvalue weighted by Gasteiger charge is 2.21. The second kappa shape index (κ2) is 7.59. The highest BCUT2D eigenvalue weighted by atomic mass is 32.2. The Bertz CT molecular complexity index is 522. The zero-order chi connectivity index (χ0) is 16.1. The number of hydrogen-bond donors (Lipinski definition) is 0. The predicted octanol–water partition coefficient (Wildman–Crippen LogP) is 0.428. The number of morpholine rings is 1. The van der Waals surface area contributed by atoms with Crippen molar-refractivity contribution in [2.24, 2.45) is 0 Å². The molecule has 0 radical (unpaired) electrons. The minimum atomic E-state index is -0.375. The first-order valence-corrected chi connectivity index (χ1v) is 7.90. The van der Waals surface area contributed by atoms with E-state index in [0.29, 0.717) is 30.3 Å². The average molecular weight is 327 g/mol. The number of ether oxygens (including phenoxy) is 2. The summed E-state index contributed by atoms with van der Waals surface area (Å²) in [6.07, 6.45) is 0. The van der Waals surface area contributed by atoms with E-state index in [-0.39, 0.29) is 11.2 Å². The largest absolute Gasteiger partial charge is 0.468 e. The topological polar surface area (TPSA) is 80.7 Å². The van der Waals surface area contributed by atoms with Crippen LogP contribution in [0.3, 0.4) is 0 Å². The van der Waals surface area contributed by atoms with Gasteiger partial charge in [0.25, 0.3) is 0 Å². The Hall–Kier alpha value is -1.61. The molecular formula is C13H21N5O3S. The SMILES string of the molecule is COC(=O)[C@@H](C)Sc1nc(N(C)C)nc(N2CCOCC2)n1. The van der Waals surface area contributed by atoms with Crippen LogP contribution in [0.5, 0.6) is 0 Å². The van der Waals surface area contributed by atoms with E-state index in [1.165, 1.54) is 18.9 Å². The summed E-state index contributed by atoms with van der Waals surface area (Å²) in [7, 11) is 5.12. The van der Waals surface area contributed by atoms with Gasteiger partial charge in [-0.2, -0.15) is 15.0 Å². The Kier molecular flexibility index (Phi) is 5.78. The summed E-state index contributed by atoms with van der Waals surface area (Å²) < 4.78 is 10.1. The van der Waals surface area contributed by atoms with E-state index >= 15 is 0 Å². The lowest BCUT2D eigenvalue weighted by Gasteiger charge is -2.27. The Balaban J connectivity index is 2.24. The van der Waals surface area contributed by atoms with Crippen molar-refractivity contribution in [1.29, 1.82) is 0 Å². The number of methoxy groups -OCH3 is 1. The van der Waals surface area contributed by atoms with Crippen molar-refractivity contribution in [3.05, 3.63) is 0 Å². The number of nitrogens with zero attached hydrogens (tertiary/aromatic N) is 5. The van der Waals surface area contributed by atoms with Gasteiger partial charge < -0.3 is 19.3 Å². The van der Waals surface area contributed by atoms with Crippen LogP contribution < -0.4 is 9.80 Å². The van der Waals surface area contributed by atoms with E-state index in [4.69, 9.17) is 9.47 Å². The molecule has 1 aromatic rings. The molecule has 1 aliphatic rings. The molecule has 2 rings (SSSR count). The van der Waals surface area contributed by atoms with Crippen LogP contribution in [0.2, 0.25) is 0 Å². The summed E-state index contributed by atoms with van der Waals surface area (Å²) in [5, 5.41) is 0.137. The van der Waals surface area contributed by atoms with Crippen molar-refractivity contribution in [3.63, 3.8) is 0 Å². The standard InChI is InChI=1S/C13H21N5O3S/c1-9(10(19)20-4)22-13-15-11(17(2)3)14-12(16-13)18-5-7-21-8-6-18/h9H,5-8H2,1-4H3/t9-/m1/s1. The molecule has 1 atom stereocenters. The van der Waals surface area contributed by atoms with Crippen LogP contribution in [-0.4, -0.2) is 73.7 Å². The van der Waals surface area contributed by atoms with Crippen LogP contribution in [0.15, 0.2) is 5.16 Å². The maximum absolute atomic E-state index is 11.6. The van der Waals surface area contributed by atoms with Crippen molar-refractivity contribution >= 4 is 29.6 Å². The Morgan fingerprint density at radius 3 is 2.59 bits per heavy atom. The summed E-state index contributed by atoms with van der Waals surface area (Å²) in [6, 6.07) is 0. The third kappa shape index (κ3) is 4.20. The molecule has 8 nitrogen and oxygen atoms in total. The van der Waals surface area contributed by atoms with Gasteiger partial charge in [-0.25, -0.2) is 0 Å². The van der Waals surface area contributed by atoms with E-state index in [1.54, 1.807) is 6.92 Å². The number of anilines is 2. The minimum Gasteiger partial charge on any atom is -0.468 e. The lowest BCUT2D eigenvalue weighted by Crippen LogP contribution is -2.37. The number of thioether (sulfide) groups is 1. The van der Waals surface area contributed by atoms with Gasteiger partial charge in [0.15, 0.2) is 5.16 Å². The van der Waals surface area contributed by atoms with Crippen molar-refractivity contribution in [2.75, 3.05) is 57.3 Å². The summed E-state index contributed by atoms with van der Waals surface area (Å²) in [4.78, 5) is 28.8. The Morgan fingerprint density at radius 1 is 1.32 bits per heavy atom. The van der Waals surface area contributed by atoms with Gasteiger partial charge in [0.05, 0.1) is 20.3 Å². The molecule has 1 fully saturated rings. The predicted molar refractivity (Wildman–Crippen MR) is 84.5 cm³/mol. The lowest BCUT2D eigenvalue weighted by molar-refractivity contribution is -0.139. The summed E-state index contributed by atoms with van der Waals surface area (Å²) >= 11 is 1.26. The van der Waals surface area contributed by atoms with Crippen LogP contribution in [0.25, 0.3) is 0 Å². The minimum absolute atomic E-state index is 0.301. The van der Waals surface area contributed by atoms with Crippen molar-refractivity contribution in [3.8, 4) is 0 Å². The van der Waals surface area contributed by atoms with Gasteiger partial charge in [0.2, 0.25) is 11.9 Å². The molecule has 122 valence electrons. The highest BCUT2D eigenvalue weighted by Crippen LogP contribution is 2.24. The van der Waals surface area contributed by atoms with Gasteiger partial charge in [-0.05, 0) is 6.92 Å². The molecule has 0 N–H and O–H groups in total. The molecule has 0 amide bonds. The molecule has 9 heteroatoms. The second-order valence-corrected chi connectivity index (χ2v) is 6.30. The first-order chi connectivity index (χ1) is 10.5. The van der Waals surface area contributed by atoms with Crippen LogP contribution in [0.4, 0.5) is 11.9 Å². The van der Waals surface area contributed by atoms with Crippen molar-refractivity contribution in [2.45, 2.75) is 17.3 Å². The highest BCUT2D eigenvalue weighted by molar-refractivity contribution is 8.00.